The molecule has 25 heavy (non-hydrogen) atoms. The number of carbonyl (C=O) groups is 1. The van der Waals surface area contributed by atoms with Gasteiger partial charge in [-0.15, -0.1) is 5.10 Å². The molecule has 1 amide bonds. The minimum Gasteiger partial charge on any atom is -0.403 e. The summed E-state index contributed by atoms with van der Waals surface area (Å²) in [7, 11) is 0. The summed E-state index contributed by atoms with van der Waals surface area (Å²) >= 11 is 0. The van der Waals surface area contributed by atoms with Gasteiger partial charge in [0.15, 0.2) is 0 Å². The fourth-order valence-corrected chi connectivity index (χ4v) is 2.07. The summed E-state index contributed by atoms with van der Waals surface area (Å²) in [6.07, 6.45) is -4.42. The number of hydrogen-bond donors (Lipinski definition) is 1. The SMILES string of the molecule is Cc1ccc(C(=O)Nc2nnc(-c3ccc(C(F)(F)F)cc3)o2)cc1. The van der Waals surface area contributed by atoms with Crippen molar-refractivity contribution in [3.63, 3.8) is 0 Å². The summed E-state index contributed by atoms with van der Waals surface area (Å²) in [6, 6.07) is 11.0. The number of nitrogens with one attached hydrogen (secondary N) is 1. The van der Waals surface area contributed by atoms with Crippen LogP contribution in [-0.2, 0) is 6.18 Å². The van der Waals surface area contributed by atoms with E-state index in [0.29, 0.717) is 11.1 Å². The lowest BCUT2D eigenvalue weighted by atomic mass is 10.1. The number of amides is 1. The second kappa shape index (κ2) is 6.39. The molecule has 0 radical (unpaired) electrons. The van der Waals surface area contributed by atoms with Crippen molar-refractivity contribution in [2.75, 3.05) is 5.32 Å². The maximum absolute atomic E-state index is 12.6. The van der Waals surface area contributed by atoms with Gasteiger partial charge in [0.2, 0.25) is 5.89 Å². The van der Waals surface area contributed by atoms with Gasteiger partial charge in [0.05, 0.1) is 5.56 Å². The van der Waals surface area contributed by atoms with Crippen LogP contribution in [-0.4, -0.2) is 16.1 Å². The molecule has 3 rings (SSSR count). The summed E-state index contributed by atoms with van der Waals surface area (Å²) in [6.45, 7) is 1.90. The number of alkyl halides is 3. The lowest BCUT2D eigenvalue weighted by molar-refractivity contribution is -0.137. The monoisotopic (exact) mass is 347 g/mol. The molecular formula is C17H12F3N3O2. The summed E-state index contributed by atoms with van der Waals surface area (Å²) in [5, 5.41) is 9.85. The maximum Gasteiger partial charge on any atom is 0.416 e. The number of rotatable bonds is 3. The van der Waals surface area contributed by atoms with Gasteiger partial charge in [-0.2, -0.15) is 13.2 Å². The van der Waals surface area contributed by atoms with Crippen molar-refractivity contribution in [1.82, 2.24) is 10.2 Å². The van der Waals surface area contributed by atoms with Crippen LogP contribution in [0, 0.1) is 6.92 Å². The molecule has 0 spiro atoms. The molecule has 0 unspecified atom stereocenters. The van der Waals surface area contributed by atoms with E-state index in [0.717, 1.165) is 17.7 Å². The largest absolute Gasteiger partial charge is 0.416 e. The molecule has 0 bridgehead atoms. The number of aryl methyl sites for hydroxylation is 1. The Morgan fingerprint density at radius 1 is 1.00 bits per heavy atom. The molecular weight excluding hydrogens is 335 g/mol. The maximum atomic E-state index is 12.6. The molecule has 2 aromatic carbocycles. The van der Waals surface area contributed by atoms with Crippen molar-refractivity contribution in [3.8, 4) is 11.5 Å². The first-order chi connectivity index (χ1) is 11.8. The predicted molar refractivity (Wildman–Crippen MR) is 83.9 cm³/mol. The Labute approximate surface area is 140 Å². The smallest absolute Gasteiger partial charge is 0.403 e. The Morgan fingerprint density at radius 3 is 2.24 bits per heavy atom. The number of carbonyl (C=O) groups excluding carboxylic acids is 1. The van der Waals surface area contributed by atoms with Gasteiger partial charge in [0.25, 0.3) is 5.91 Å². The predicted octanol–water partition coefficient (Wildman–Crippen LogP) is 4.32. The zero-order valence-electron chi connectivity index (χ0n) is 13.0. The van der Waals surface area contributed by atoms with Crippen molar-refractivity contribution in [3.05, 3.63) is 65.2 Å². The first kappa shape index (κ1) is 16.7. The lowest BCUT2D eigenvalue weighted by Crippen LogP contribution is -2.11. The Morgan fingerprint density at radius 2 is 1.64 bits per heavy atom. The van der Waals surface area contributed by atoms with Gasteiger partial charge in [-0.3, -0.25) is 10.1 Å². The van der Waals surface area contributed by atoms with E-state index in [4.69, 9.17) is 4.42 Å². The van der Waals surface area contributed by atoms with Gasteiger partial charge in [-0.05, 0) is 43.3 Å². The minimum atomic E-state index is -4.42. The molecule has 1 heterocycles. The van der Waals surface area contributed by atoms with Gasteiger partial charge in [0.1, 0.15) is 0 Å². The van der Waals surface area contributed by atoms with Crippen molar-refractivity contribution in [2.24, 2.45) is 0 Å². The second-order valence-electron chi connectivity index (χ2n) is 5.31. The fraction of sp³-hybridized carbons (Fsp3) is 0.118. The molecule has 0 aliphatic carbocycles. The van der Waals surface area contributed by atoms with Crippen LogP contribution in [0.2, 0.25) is 0 Å². The van der Waals surface area contributed by atoms with Crippen LogP contribution >= 0.6 is 0 Å². The van der Waals surface area contributed by atoms with Crippen molar-refractivity contribution in [1.29, 1.82) is 0 Å². The molecule has 0 saturated heterocycles. The molecule has 8 heteroatoms. The van der Waals surface area contributed by atoms with E-state index < -0.39 is 17.6 Å². The summed E-state index contributed by atoms with van der Waals surface area (Å²) in [5.41, 5.74) is 0.971. The average molecular weight is 347 g/mol. The average Bonchev–Trinajstić information content (AvgIpc) is 3.03. The number of anilines is 1. The van der Waals surface area contributed by atoms with E-state index in [1.165, 1.54) is 12.1 Å². The van der Waals surface area contributed by atoms with Gasteiger partial charge in [0, 0.05) is 11.1 Å². The normalized spacial score (nSPS) is 11.4. The Hall–Kier alpha value is -3.16. The zero-order chi connectivity index (χ0) is 18.0. The molecule has 1 aromatic heterocycles. The van der Waals surface area contributed by atoms with Crippen LogP contribution < -0.4 is 5.32 Å². The molecule has 5 nitrogen and oxygen atoms in total. The van der Waals surface area contributed by atoms with Crippen LogP contribution in [0.3, 0.4) is 0 Å². The van der Waals surface area contributed by atoms with Crippen LogP contribution in [0.25, 0.3) is 11.5 Å². The third-order valence-corrected chi connectivity index (χ3v) is 3.42. The van der Waals surface area contributed by atoms with E-state index in [-0.39, 0.29) is 11.9 Å². The van der Waals surface area contributed by atoms with Gasteiger partial charge in [-0.25, -0.2) is 0 Å². The van der Waals surface area contributed by atoms with Crippen molar-refractivity contribution < 1.29 is 22.4 Å². The van der Waals surface area contributed by atoms with E-state index in [1.54, 1.807) is 24.3 Å². The molecule has 0 atom stereocenters. The third-order valence-electron chi connectivity index (χ3n) is 3.42. The number of benzene rings is 2. The highest BCUT2D eigenvalue weighted by Gasteiger charge is 2.30. The number of aromatic nitrogens is 2. The van der Waals surface area contributed by atoms with Gasteiger partial charge >= 0.3 is 12.2 Å². The third kappa shape index (κ3) is 3.85. The number of halogens is 3. The molecule has 0 aliphatic rings. The first-order valence-electron chi connectivity index (χ1n) is 7.22. The van der Waals surface area contributed by atoms with E-state index in [1.807, 2.05) is 6.92 Å². The minimum absolute atomic E-state index is 0.00734. The van der Waals surface area contributed by atoms with Crippen molar-refractivity contribution in [2.45, 2.75) is 13.1 Å². The highest BCUT2D eigenvalue weighted by atomic mass is 19.4. The summed E-state index contributed by atoms with van der Waals surface area (Å²) < 4.78 is 42.9. The quantitative estimate of drug-likeness (QED) is 0.766. The molecule has 0 saturated carbocycles. The first-order valence-corrected chi connectivity index (χ1v) is 7.22. The van der Waals surface area contributed by atoms with Crippen LogP contribution in [0.1, 0.15) is 21.5 Å². The lowest BCUT2D eigenvalue weighted by Gasteiger charge is -2.05. The molecule has 0 fully saturated rings. The van der Waals surface area contributed by atoms with E-state index in [9.17, 15) is 18.0 Å². The molecule has 3 aromatic rings. The standard InChI is InChI=1S/C17H12F3N3O2/c1-10-2-4-11(5-3-10)14(24)21-16-23-22-15(25-16)12-6-8-13(9-7-12)17(18,19)20/h2-9H,1H3,(H,21,23,24). The summed E-state index contributed by atoms with van der Waals surface area (Å²) in [4.78, 5) is 12.1. The Bertz CT molecular complexity index is 885. The second-order valence-corrected chi connectivity index (χ2v) is 5.31. The number of hydrogen-bond acceptors (Lipinski definition) is 4. The highest BCUT2D eigenvalue weighted by molar-refractivity contribution is 6.03. The van der Waals surface area contributed by atoms with Crippen molar-refractivity contribution >= 4 is 11.9 Å². The van der Waals surface area contributed by atoms with Crippen LogP contribution in [0.5, 0.6) is 0 Å². The molecule has 0 aliphatic heterocycles. The molecule has 128 valence electrons. The van der Waals surface area contributed by atoms with E-state index >= 15 is 0 Å². The summed E-state index contributed by atoms with van der Waals surface area (Å²) in [5.74, 6) is -0.421. The Kier molecular flexibility index (Phi) is 4.26. The number of nitrogens with zero attached hydrogens (tertiary/aromatic N) is 2. The van der Waals surface area contributed by atoms with Crippen LogP contribution in [0.4, 0.5) is 19.2 Å². The molecule has 1 N–H and O–H groups in total. The topological polar surface area (TPSA) is 68.0 Å². The fourth-order valence-electron chi connectivity index (χ4n) is 2.07. The van der Waals surface area contributed by atoms with Gasteiger partial charge in [-0.1, -0.05) is 22.8 Å². The zero-order valence-corrected chi connectivity index (χ0v) is 13.0. The van der Waals surface area contributed by atoms with Gasteiger partial charge < -0.3 is 4.42 Å². The Balaban J connectivity index is 1.74. The highest BCUT2D eigenvalue weighted by Crippen LogP contribution is 2.30. The van der Waals surface area contributed by atoms with E-state index in [2.05, 4.69) is 15.5 Å². The van der Waals surface area contributed by atoms with Crippen LogP contribution in [0.15, 0.2) is 52.9 Å².